The van der Waals surface area contributed by atoms with Gasteiger partial charge < -0.3 is 0 Å². The van der Waals surface area contributed by atoms with Crippen molar-refractivity contribution in [1.82, 2.24) is 15.0 Å². The van der Waals surface area contributed by atoms with Crippen molar-refractivity contribution in [1.29, 1.82) is 0 Å². The van der Waals surface area contributed by atoms with Crippen molar-refractivity contribution in [3.05, 3.63) is 164 Å². The molecule has 0 atom stereocenters. The highest BCUT2D eigenvalue weighted by Gasteiger charge is 2.16. The Morgan fingerprint density at radius 3 is 1.30 bits per heavy atom. The van der Waals surface area contributed by atoms with E-state index in [1.807, 2.05) is 29.5 Å². The molecule has 0 amide bonds. The van der Waals surface area contributed by atoms with E-state index in [2.05, 4.69) is 146 Å². The second-order valence-corrected chi connectivity index (χ2v) is 14.6. The first-order chi connectivity index (χ1) is 24.7. The Bertz CT molecular complexity index is 2670. The van der Waals surface area contributed by atoms with E-state index in [0.29, 0.717) is 17.5 Å². The Balaban J connectivity index is 1.17. The van der Waals surface area contributed by atoms with E-state index < -0.39 is 0 Å². The lowest BCUT2D eigenvalue weighted by atomic mass is 9.95. The number of hydrogen-bond acceptors (Lipinski definition) is 5. The third kappa shape index (κ3) is 5.07. The zero-order valence-electron chi connectivity index (χ0n) is 26.7. The molecule has 0 spiro atoms. The number of rotatable bonds is 5. The van der Waals surface area contributed by atoms with Crippen LogP contribution in [0.5, 0.6) is 0 Å². The van der Waals surface area contributed by atoms with Crippen molar-refractivity contribution in [2.45, 2.75) is 0 Å². The third-order valence-electron chi connectivity index (χ3n) is 9.31. The van der Waals surface area contributed by atoms with Gasteiger partial charge in [-0.3, -0.25) is 0 Å². The van der Waals surface area contributed by atoms with Crippen LogP contribution in [0.25, 0.3) is 96.8 Å². The van der Waals surface area contributed by atoms with Crippen molar-refractivity contribution in [3.8, 4) is 56.4 Å². The van der Waals surface area contributed by atoms with Crippen LogP contribution in [-0.4, -0.2) is 15.0 Å². The van der Waals surface area contributed by atoms with E-state index in [0.717, 1.165) is 38.9 Å². The summed E-state index contributed by atoms with van der Waals surface area (Å²) >= 11 is 3.64. The number of nitrogens with zero attached hydrogens (tertiary/aromatic N) is 3. The van der Waals surface area contributed by atoms with E-state index in [9.17, 15) is 0 Å². The highest BCUT2D eigenvalue weighted by atomic mass is 32.1. The molecule has 7 aromatic carbocycles. The maximum absolute atomic E-state index is 5.19. The van der Waals surface area contributed by atoms with Crippen LogP contribution in [0.2, 0.25) is 0 Å². The molecular formula is C45H27N3S2. The van der Waals surface area contributed by atoms with Crippen LogP contribution in [0, 0.1) is 0 Å². The largest absolute Gasteiger partial charge is 0.208 e. The molecule has 5 heteroatoms. The second-order valence-electron chi connectivity index (χ2n) is 12.5. The molecule has 3 aromatic heterocycles. The smallest absolute Gasteiger partial charge is 0.164 e. The Labute approximate surface area is 296 Å². The van der Waals surface area contributed by atoms with E-state index in [4.69, 9.17) is 15.0 Å². The number of benzene rings is 7. The van der Waals surface area contributed by atoms with Gasteiger partial charge in [-0.05, 0) is 64.7 Å². The molecule has 10 aromatic rings. The maximum atomic E-state index is 5.19. The van der Waals surface area contributed by atoms with E-state index in [-0.39, 0.29) is 0 Å². The molecule has 0 aliphatic rings. The van der Waals surface area contributed by atoms with Crippen molar-refractivity contribution in [3.63, 3.8) is 0 Å². The van der Waals surface area contributed by atoms with Crippen LogP contribution < -0.4 is 0 Å². The van der Waals surface area contributed by atoms with Gasteiger partial charge in [-0.25, -0.2) is 15.0 Å². The first kappa shape index (κ1) is 29.0. The quantitative estimate of drug-likeness (QED) is 0.182. The minimum Gasteiger partial charge on any atom is -0.208 e. The number of aromatic nitrogens is 3. The minimum absolute atomic E-state index is 0.646. The van der Waals surface area contributed by atoms with Gasteiger partial charge in [-0.15, -0.1) is 22.7 Å². The third-order valence-corrected chi connectivity index (χ3v) is 11.6. The fourth-order valence-corrected chi connectivity index (χ4v) is 9.13. The summed E-state index contributed by atoms with van der Waals surface area (Å²) < 4.78 is 5.08. The molecule has 0 N–H and O–H groups in total. The summed E-state index contributed by atoms with van der Waals surface area (Å²) in [6.45, 7) is 0. The van der Waals surface area contributed by atoms with Crippen molar-refractivity contribution >= 4 is 63.0 Å². The molecule has 0 aliphatic carbocycles. The van der Waals surface area contributed by atoms with Gasteiger partial charge in [-0.2, -0.15) is 0 Å². The van der Waals surface area contributed by atoms with Crippen LogP contribution in [0.3, 0.4) is 0 Å². The van der Waals surface area contributed by atoms with Gasteiger partial charge in [-0.1, -0.05) is 121 Å². The van der Waals surface area contributed by atoms with Crippen molar-refractivity contribution in [2.75, 3.05) is 0 Å². The Kier molecular flexibility index (Phi) is 6.86. The monoisotopic (exact) mass is 673 g/mol. The van der Waals surface area contributed by atoms with Crippen LogP contribution in [0.1, 0.15) is 0 Å². The lowest BCUT2D eigenvalue weighted by Gasteiger charge is -2.13. The normalized spacial score (nSPS) is 11.6. The molecular weight excluding hydrogens is 647 g/mol. The average molecular weight is 674 g/mol. The lowest BCUT2D eigenvalue weighted by Crippen LogP contribution is -2.00. The molecule has 0 unspecified atom stereocenters. The SMILES string of the molecule is c1ccc(-c2cc(-c3ccc4c(c3)sc3ccccc34)cc(-c3nc(-c4ccccc4)nc(-c4ccc5c(c4)sc4ccccc45)n3)c2)cc1. The van der Waals surface area contributed by atoms with Gasteiger partial charge in [0.1, 0.15) is 0 Å². The predicted octanol–water partition coefficient (Wildman–Crippen LogP) is 12.9. The molecule has 3 nitrogen and oxygen atoms in total. The molecule has 0 radical (unpaired) electrons. The zero-order valence-corrected chi connectivity index (χ0v) is 28.4. The fourth-order valence-electron chi connectivity index (χ4n) is 6.84. The minimum atomic E-state index is 0.646. The fraction of sp³-hybridized carbons (Fsp3) is 0. The predicted molar refractivity (Wildman–Crippen MR) is 213 cm³/mol. The molecule has 0 bridgehead atoms. The van der Waals surface area contributed by atoms with Crippen molar-refractivity contribution < 1.29 is 0 Å². The molecule has 3 heterocycles. The molecule has 0 saturated heterocycles. The Hall–Kier alpha value is -6.01. The highest BCUT2D eigenvalue weighted by molar-refractivity contribution is 7.26. The standard InChI is InChI=1S/C45H27N3S2/c1-3-11-28(12-4-1)32-23-33(30-19-21-37-35-15-7-9-17-39(35)49-41(37)26-30)25-34(24-32)45-47-43(29-13-5-2-6-14-29)46-44(48-45)31-20-22-38-36-16-8-10-18-40(36)50-42(38)27-31/h1-27H. The number of thiophene rings is 2. The Morgan fingerprint density at radius 1 is 0.260 bits per heavy atom. The summed E-state index contributed by atoms with van der Waals surface area (Å²) in [4.78, 5) is 15.4. The average Bonchev–Trinajstić information content (AvgIpc) is 3.76. The molecule has 0 fully saturated rings. The molecule has 10 rings (SSSR count). The van der Waals surface area contributed by atoms with Gasteiger partial charge in [0.15, 0.2) is 17.5 Å². The lowest BCUT2D eigenvalue weighted by molar-refractivity contribution is 1.07. The zero-order chi connectivity index (χ0) is 33.0. The van der Waals surface area contributed by atoms with E-state index in [1.54, 1.807) is 11.3 Å². The van der Waals surface area contributed by atoms with Gasteiger partial charge in [0.25, 0.3) is 0 Å². The topological polar surface area (TPSA) is 38.7 Å². The first-order valence-electron chi connectivity index (χ1n) is 16.6. The number of hydrogen-bond donors (Lipinski definition) is 0. The summed E-state index contributed by atoms with van der Waals surface area (Å²) in [5.41, 5.74) is 7.42. The summed E-state index contributed by atoms with van der Waals surface area (Å²) in [6, 6.07) is 58.1. The van der Waals surface area contributed by atoms with Crippen molar-refractivity contribution in [2.24, 2.45) is 0 Å². The molecule has 0 aliphatic heterocycles. The summed E-state index contributed by atoms with van der Waals surface area (Å²) in [7, 11) is 0. The number of fused-ring (bicyclic) bond motifs is 6. The summed E-state index contributed by atoms with van der Waals surface area (Å²) in [5.74, 6) is 1.96. The van der Waals surface area contributed by atoms with Gasteiger partial charge in [0.05, 0.1) is 0 Å². The molecule has 0 saturated carbocycles. The first-order valence-corrected chi connectivity index (χ1v) is 18.2. The summed E-state index contributed by atoms with van der Waals surface area (Å²) in [6.07, 6.45) is 0. The Morgan fingerprint density at radius 2 is 0.680 bits per heavy atom. The molecule has 50 heavy (non-hydrogen) atoms. The van der Waals surface area contributed by atoms with Gasteiger partial charge >= 0.3 is 0 Å². The maximum Gasteiger partial charge on any atom is 0.164 e. The van der Waals surface area contributed by atoms with Gasteiger partial charge in [0, 0.05) is 57.0 Å². The van der Waals surface area contributed by atoms with Crippen LogP contribution >= 0.6 is 22.7 Å². The van der Waals surface area contributed by atoms with Crippen LogP contribution in [0.15, 0.2) is 164 Å². The highest BCUT2D eigenvalue weighted by Crippen LogP contribution is 2.39. The summed E-state index contributed by atoms with van der Waals surface area (Å²) in [5, 5.41) is 5.12. The molecule has 234 valence electrons. The van der Waals surface area contributed by atoms with Crippen LogP contribution in [-0.2, 0) is 0 Å². The van der Waals surface area contributed by atoms with E-state index >= 15 is 0 Å². The van der Waals surface area contributed by atoms with E-state index in [1.165, 1.54) is 40.3 Å². The van der Waals surface area contributed by atoms with Gasteiger partial charge in [0.2, 0.25) is 0 Å². The van der Waals surface area contributed by atoms with Crippen LogP contribution in [0.4, 0.5) is 0 Å². The second kappa shape index (κ2) is 11.8.